The predicted octanol–water partition coefficient (Wildman–Crippen LogP) is -0.769. The van der Waals surface area contributed by atoms with E-state index in [-0.39, 0.29) is 18.7 Å². The Bertz CT molecular complexity index is 172. The molecule has 0 amide bonds. The van der Waals surface area contributed by atoms with E-state index in [2.05, 4.69) is 5.32 Å². The molecule has 4 N–H and O–H groups in total. The summed E-state index contributed by atoms with van der Waals surface area (Å²) in [5, 5.41) is 31.4. The van der Waals surface area contributed by atoms with Gasteiger partial charge in [-0.25, -0.2) is 0 Å². The summed E-state index contributed by atoms with van der Waals surface area (Å²) in [6.07, 6.45) is 0.447. The van der Waals surface area contributed by atoms with Crippen LogP contribution in [0.4, 0.5) is 0 Å². The number of hydrogen-bond donors (Lipinski definition) is 4. The van der Waals surface area contributed by atoms with Crippen molar-refractivity contribution in [1.82, 2.24) is 5.32 Å². The Labute approximate surface area is 78.6 Å². The van der Waals surface area contributed by atoms with Crippen molar-refractivity contribution in [3.05, 3.63) is 0 Å². The van der Waals surface area contributed by atoms with Crippen molar-refractivity contribution < 1.29 is 15.3 Å². The fraction of sp³-hybridized carbons (Fsp3) is 1.00. The van der Waals surface area contributed by atoms with Gasteiger partial charge in [0.25, 0.3) is 0 Å². The van der Waals surface area contributed by atoms with E-state index in [9.17, 15) is 10.2 Å². The first kappa shape index (κ1) is 10.9. The van der Waals surface area contributed by atoms with Crippen molar-refractivity contribution in [2.24, 2.45) is 0 Å². The Morgan fingerprint density at radius 2 is 2.15 bits per heavy atom. The molecule has 0 aliphatic carbocycles. The van der Waals surface area contributed by atoms with Gasteiger partial charge in [0.15, 0.2) is 0 Å². The summed E-state index contributed by atoms with van der Waals surface area (Å²) >= 11 is 0. The number of hydrogen-bond acceptors (Lipinski definition) is 4. The normalized spacial score (nSPS) is 46.4. The molecule has 1 rings (SSSR count). The summed E-state index contributed by atoms with van der Waals surface area (Å²) in [6.45, 7) is 3.59. The molecular weight excluding hydrogens is 170 g/mol. The molecular formula is C9H19NO3. The van der Waals surface area contributed by atoms with Crippen molar-refractivity contribution >= 4 is 0 Å². The topological polar surface area (TPSA) is 72.7 Å². The molecule has 1 fully saturated rings. The summed E-state index contributed by atoms with van der Waals surface area (Å²) in [7, 11) is 0. The number of aliphatic hydroxyl groups excluding tert-OH is 2. The second kappa shape index (κ2) is 3.92. The van der Waals surface area contributed by atoms with Gasteiger partial charge in [-0.05, 0) is 13.3 Å². The van der Waals surface area contributed by atoms with Crippen LogP contribution in [0.25, 0.3) is 0 Å². The molecule has 4 atom stereocenters. The Morgan fingerprint density at radius 1 is 1.54 bits per heavy atom. The summed E-state index contributed by atoms with van der Waals surface area (Å²) in [5.41, 5.74) is -0.875. The molecule has 0 bridgehead atoms. The van der Waals surface area contributed by atoms with Gasteiger partial charge in [0, 0.05) is 12.5 Å². The highest BCUT2D eigenvalue weighted by Gasteiger charge is 2.41. The highest BCUT2D eigenvalue weighted by atomic mass is 16.3. The average molecular weight is 189 g/mol. The summed E-state index contributed by atoms with van der Waals surface area (Å²) < 4.78 is 0. The lowest BCUT2D eigenvalue weighted by Crippen LogP contribution is -2.63. The van der Waals surface area contributed by atoms with Gasteiger partial charge in [-0.15, -0.1) is 0 Å². The van der Waals surface area contributed by atoms with Gasteiger partial charge in [-0.2, -0.15) is 0 Å². The minimum atomic E-state index is -0.875. The van der Waals surface area contributed by atoms with Crippen LogP contribution < -0.4 is 5.32 Å². The zero-order valence-corrected chi connectivity index (χ0v) is 8.20. The molecule has 0 spiro atoms. The minimum absolute atomic E-state index is 0.0481. The largest absolute Gasteiger partial charge is 0.395 e. The SMILES string of the molecule is CC[C@@H]1N[C@@H](CO)[C@@H](O)C[C@@]1(C)O. The van der Waals surface area contributed by atoms with E-state index in [1.807, 2.05) is 6.92 Å². The molecule has 13 heavy (non-hydrogen) atoms. The molecule has 0 radical (unpaired) electrons. The van der Waals surface area contributed by atoms with Crippen molar-refractivity contribution in [3.63, 3.8) is 0 Å². The Balaban J connectivity index is 2.66. The molecule has 0 unspecified atom stereocenters. The van der Waals surface area contributed by atoms with Gasteiger partial charge in [-0.3, -0.25) is 0 Å². The lowest BCUT2D eigenvalue weighted by atomic mass is 9.82. The van der Waals surface area contributed by atoms with Crippen LogP contribution in [0.2, 0.25) is 0 Å². The van der Waals surface area contributed by atoms with E-state index < -0.39 is 11.7 Å². The Morgan fingerprint density at radius 3 is 2.62 bits per heavy atom. The maximum atomic E-state index is 9.91. The first-order valence-corrected chi connectivity index (χ1v) is 4.78. The third kappa shape index (κ3) is 2.20. The molecule has 0 saturated carbocycles. The predicted molar refractivity (Wildman–Crippen MR) is 49.3 cm³/mol. The zero-order valence-electron chi connectivity index (χ0n) is 8.20. The molecule has 1 heterocycles. The second-order valence-corrected chi connectivity index (χ2v) is 4.05. The molecule has 1 saturated heterocycles. The fourth-order valence-corrected chi connectivity index (χ4v) is 1.99. The van der Waals surface area contributed by atoms with Crippen LogP contribution in [-0.4, -0.2) is 45.7 Å². The molecule has 0 aromatic heterocycles. The first-order valence-electron chi connectivity index (χ1n) is 4.78. The van der Waals surface area contributed by atoms with E-state index in [4.69, 9.17) is 5.11 Å². The quantitative estimate of drug-likeness (QED) is 0.460. The smallest absolute Gasteiger partial charge is 0.0797 e. The number of rotatable bonds is 2. The van der Waals surface area contributed by atoms with E-state index in [0.29, 0.717) is 6.42 Å². The lowest BCUT2D eigenvalue weighted by molar-refractivity contribution is -0.0794. The third-order valence-corrected chi connectivity index (χ3v) is 2.86. The highest BCUT2D eigenvalue weighted by Crippen LogP contribution is 2.26. The number of nitrogens with one attached hydrogen (secondary N) is 1. The fourth-order valence-electron chi connectivity index (χ4n) is 1.99. The van der Waals surface area contributed by atoms with Gasteiger partial charge in [0.2, 0.25) is 0 Å². The summed E-state index contributed by atoms with van der Waals surface area (Å²) in [5.74, 6) is 0. The van der Waals surface area contributed by atoms with Crippen molar-refractivity contribution in [2.45, 2.75) is 50.5 Å². The highest BCUT2D eigenvalue weighted by molar-refractivity contribution is 4.98. The molecule has 4 heteroatoms. The van der Waals surface area contributed by atoms with E-state index in [1.165, 1.54) is 0 Å². The second-order valence-electron chi connectivity index (χ2n) is 4.05. The van der Waals surface area contributed by atoms with Crippen molar-refractivity contribution in [1.29, 1.82) is 0 Å². The molecule has 0 aromatic carbocycles. The van der Waals surface area contributed by atoms with Crippen LogP contribution >= 0.6 is 0 Å². The maximum absolute atomic E-state index is 9.91. The standard InChI is InChI=1S/C9H19NO3/c1-3-8-9(2,13)4-7(12)6(5-11)10-8/h6-8,10-13H,3-5H2,1-2H3/t6-,7-,8-,9+/m0/s1. The van der Waals surface area contributed by atoms with Gasteiger partial charge < -0.3 is 20.6 Å². The minimum Gasteiger partial charge on any atom is -0.395 e. The van der Waals surface area contributed by atoms with Gasteiger partial charge >= 0.3 is 0 Å². The zero-order chi connectivity index (χ0) is 10.1. The monoisotopic (exact) mass is 189 g/mol. The van der Waals surface area contributed by atoms with Crippen molar-refractivity contribution in [3.8, 4) is 0 Å². The van der Waals surface area contributed by atoms with E-state index >= 15 is 0 Å². The van der Waals surface area contributed by atoms with E-state index in [1.54, 1.807) is 6.92 Å². The van der Waals surface area contributed by atoms with Crippen molar-refractivity contribution in [2.75, 3.05) is 6.61 Å². The van der Waals surface area contributed by atoms with Crippen LogP contribution in [0, 0.1) is 0 Å². The maximum Gasteiger partial charge on any atom is 0.0797 e. The van der Waals surface area contributed by atoms with Gasteiger partial charge in [0.05, 0.1) is 24.4 Å². The molecule has 78 valence electrons. The number of aliphatic hydroxyl groups is 3. The van der Waals surface area contributed by atoms with Gasteiger partial charge in [-0.1, -0.05) is 6.92 Å². The Hall–Kier alpha value is -0.160. The molecule has 1 aliphatic rings. The molecule has 0 aromatic rings. The van der Waals surface area contributed by atoms with Crippen LogP contribution in [0.1, 0.15) is 26.7 Å². The van der Waals surface area contributed by atoms with Crippen LogP contribution in [-0.2, 0) is 0 Å². The van der Waals surface area contributed by atoms with Gasteiger partial charge in [0.1, 0.15) is 0 Å². The lowest BCUT2D eigenvalue weighted by Gasteiger charge is -2.43. The van der Waals surface area contributed by atoms with Crippen LogP contribution in [0.3, 0.4) is 0 Å². The first-order chi connectivity index (χ1) is 6.01. The van der Waals surface area contributed by atoms with Crippen LogP contribution in [0.5, 0.6) is 0 Å². The third-order valence-electron chi connectivity index (χ3n) is 2.86. The van der Waals surface area contributed by atoms with E-state index in [0.717, 1.165) is 6.42 Å². The summed E-state index contributed by atoms with van der Waals surface area (Å²) in [4.78, 5) is 0. The molecule has 4 nitrogen and oxygen atoms in total. The number of piperidine rings is 1. The Kier molecular flexibility index (Phi) is 3.29. The average Bonchev–Trinajstić information content (AvgIpc) is 2.03. The summed E-state index contributed by atoms with van der Waals surface area (Å²) in [6, 6.07) is -0.349. The van der Waals surface area contributed by atoms with Crippen LogP contribution in [0.15, 0.2) is 0 Å². The molecule has 1 aliphatic heterocycles.